The van der Waals surface area contributed by atoms with Gasteiger partial charge in [0.2, 0.25) is 0 Å². The molecule has 3 fully saturated rings. The second-order valence-electron chi connectivity index (χ2n) is 9.78. The summed E-state index contributed by atoms with van der Waals surface area (Å²) in [6, 6.07) is 1.86. The van der Waals surface area contributed by atoms with Crippen molar-refractivity contribution < 1.29 is 39.8 Å². The Morgan fingerprint density at radius 2 is 1.36 bits per heavy atom. The Bertz CT molecular complexity index is 801. The quantitative estimate of drug-likeness (QED) is 0.270. The van der Waals surface area contributed by atoms with Crippen LogP contribution in [0.4, 0.5) is 0 Å². The molecule has 12 nitrogen and oxygen atoms in total. The van der Waals surface area contributed by atoms with E-state index in [0.717, 1.165) is 12.8 Å². The lowest BCUT2D eigenvalue weighted by Crippen LogP contribution is -2.55. The molecule has 4 heterocycles. The molecular weight excluding hydrogens is 523 g/mol. The Labute approximate surface area is 217 Å². The highest BCUT2D eigenvalue weighted by molar-refractivity contribution is 6.63. The van der Waals surface area contributed by atoms with Gasteiger partial charge in [-0.05, 0) is 52.7 Å². The Kier molecular flexibility index (Phi) is 9.35. The second kappa shape index (κ2) is 11.8. The van der Waals surface area contributed by atoms with Crippen molar-refractivity contribution in [2.24, 2.45) is 17.2 Å². The number of hydrogen-bond donors (Lipinski definition) is 3. The summed E-state index contributed by atoms with van der Waals surface area (Å²) in [6.07, 6.45) is 1.33. The van der Waals surface area contributed by atoms with Crippen molar-refractivity contribution >= 4 is 26.4 Å². The van der Waals surface area contributed by atoms with Gasteiger partial charge in [0.15, 0.2) is 11.5 Å². The fourth-order valence-corrected chi connectivity index (χ4v) is 13.5. The van der Waals surface area contributed by atoms with Crippen LogP contribution in [0.25, 0.3) is 0 Å². The van der Waals surface area contributed by atoms with Crippen LogP contribution >= 0.6 is 0 Å². The Balaban J connectivity index is 1.67. The fourth-order valence-electron chi connectivity index (χ4n) is 5.23. The fraction of sp³-hybridized carbons (Fsp3) is 0.905. The van der Waals surface area contributed by atoms with Crippen molar-refractivity contribution in [3.8, 4) is 0 Å². The van der Waals surface area contributed by atoms with Gasteiger partial charge in [-0.2, -0.15) is 0 Å². The highest BCUT2D eigenvalue weighted by Gasteiger charge is 2.66. The molecule has 0 amide bonds. The van der Waals surface area contributed by atoms with E-state index in [9.17, 15) is 0 Å². The topological polar surface area (TPSA) is 161 Å². The first-order chi connectivity index (χ1) is 17.3. The van der Waals surface area contributed by atoms with E-state index >= 15 is 0 Å². The minimum Gasteiger partial charge on any atom is -0.490 e. The summed E-state index contributed by atoms with van der Waals surface area (Å²) in [7, 11) is -5.71. The Hall–Kier alpha value is -0.409. The van der Waals surface area contributed by atoms with Gasteiger partial charge in [-0.1, -0.05) is 0 Å². The first kappa shape index (κ1) is 28.6. The van der Waals surface area contributed by atoms with E-state index in [2.05, 4.69) is 0 Å². The summed E-state index contributed by atoms with van der Waals surface area (Å²) in [4.78, 5) is 0. The van der Waals surface area contributed by atoms with E-state index in [1.165, 1.54) is 0 Å². The number of rotatable bonds is 13. The summed E-state index contributed by atoms with van der Waals surface area (Å²) < 4.78 is 57.0. The Morgan fingerprint density at radius 1 is 0.750 bits per heavy atom. The summed E-state index contributed by atoms with van der Waals surface area (Å²) in [5, 5.41) is 0. The number of hydrogen-bond acceptors (Lipinski definition) is 12. The van der Waals surface area contributed by atoms with Crippen molar-refractivity contribution in [3.63, 3.8) is 0 Å². The van der Waals surface area contributed by atoms with Gasteiger partial charge in [0.25, 0.3) is 0 Å². The minimum atomic E-state index is -3.11. The van der Waals surface area contributed by atoms with Gasteiger partial charge in [0, 0.05) is 44.9 Å². The maximum absolute atomic E-state index is 6.61. The molecular formula is C21H43N3O9Si3. The standard InChI is InChI=1S/C21H43N3O9Si3/c1-15-14-17(29-34(25-3,27-15)11-5-8-22)19-21(32-35(26-4,31-19)12-6-9-23)20-18-16(2)28-36(30-18,33-20)13-7-10-24/h15-18,20H,5-14,22-24H2,1-4H3/t15?,16?,17-,18?,20?,34?,35?,36?/m1/s1. The molecule has 0 aromatic heterocycles. The first-order valence-electron chi connectivity index (χ1n) is 13.0. The molecule has 0 radical (unpaired) electrons. The average molecular weight is 566 g/mol. The normalized spacial score (nSPS) is 42.1. The molecule has 8 atom stereocenters. The van der Waals surface area contributed by atoms with Crippen molar-refractivity contribution in [1.82, 2.24) is 0 Å². The monoisotopic (exact) mass is 565 g/mol. The second-order valence-corrected chi connectivity index (χ2v) is 17.8. The first-order valence-corrected chi connectivity index (χ1v) is 18.8. The number of fused-ring (bicyclic) bond motifs is 2. The van der Waals surface area contributed by atoms with Crippen LogP contribution in [0.2, 0.25) is 18.1 Å². The van der Waals surface area contributed by atoms with Crippen LogP contribution < -0.4 is 17.2 Å². The molecule has 208 valence electrons. The van der Waals surface area contributed by atoms with Crippen molar-refractivity contribution in [2.75, 3.05) is 33.9 Å². The molecule has 15 heteroatoms. The van der Waals surface area contributed by atoms with E-state index in [0.29, 0.717) is 62.1 Å². The van der Waals surface area contributed by atoms with E-state index in [4.69, 9.17) is 57.0 Å². The van der Waals surface area contributed by atoms with Gasteiger partial charge in [-0.3, -0.25) is 0 Å². The maximum Gasteiger partial charge on any atom is 0.631 e. The predicted molar refractivity (Wildman–Crippen MR) is 136 cm³/mol. The Morgan fingerprint density at radius 3 is 2.00 bits per heavy atom. The van der Waals surface area contributed by atoms with Gasteiger partial charge in [0.1, 0.15) is 18.3 Å². The molecule has 4 aliphatic heterocycles. The lowest BCUT2D eigenvalue weighted by atomic mass is 10.0. The smallest absolute Gasteiger partial charge is 0.490 e. The molecule has 6 N–H and O–H groups in total. The molecule has 0 spiro atoms. The summed E-state index contributed by atoms with van der Waals surface area (Å²) in [6.45, 7) is 5.60. The third-order valence-electron chi connectivity index (χ3n) is 7.01. The van der Waals surface area contributed by atoms with Crippen LogP contribution in [0.5, 0.6) is 0 Å². The van der Waals surface area contributed by atoms with Crippen molar-refractivity contribution in [2.45, 2.75) is 88.2 Å². The van der Waals surface area contributed by atoms with Crippen molar-refractivity contribution in [1.29, 1.82) is 0 Å². The zero-order chi connectivity index (χ0) is 26.0. The highest BCUT2D eigenvalue weighted by atomic mass is 28.4. The van der Waals surface area contributed by atoms with Gasteiger partial charge in [0.05, 0.1) is 6.10 Å². The van der Waals surface area contributed by atoms with Gasteiger partial charge >= 0.3 is 26.4 Å². The van der Waals surface area contributed by atoms with E-state index in [1.54, 1.807) is 14.2 Å². The van der Waals surface area contributed by atoms with Crippen molar-refractivity contribution in [3.05, 3.63) is 11.5 Å². The molecule has 7 unspecified atom stereocenters. The molecule has 0 aromatic rings. The molecule has 0 saturated carbocycles. The lowest BCUT2D eigenvalue weighted by Gasteiger charge is -2.40. The summed E-state index contributed by atoms with van der Waals surface area (Å²) in [5.41, 5.74) is 17.4. The molecule has 2 bridgehead atoms. The molecule has 3 saturated heterocycles. The van der Waals surface area contributed by atoms with Crippen LogP contribution in [0.3, 0.4) is 0 Å². The molecule has 4 rings (SSSR count). The zero-order valence-electron chi connectivity index (χ0n) is 21.9. The highest BCUT2D eigenvalue weighted by Crippen LogP contribution is 2.48. The van der Waals surface area contributed by atoms with Crippen LogP contribution in [-0.4, -0.2) is 90.8 Å². The minimum absolute atomic E-state index is 0.0986. The molecule has 4 aliphatic rings. The molecule has 0 aliphatic carbocycles. The third kappa shape index (κ3) is 5.63. The summed E-state index contributed by atoms with van der Waals surface area (Å²) >= 11 is 0. The van der Waals surface area contributed by atoms with E-state index in [-0.39, 0.29) is 18.3 Å². The van der Waals surface area contributed by atoms with E-state index in [1.807, 2.05) is 13.8 Å². The molecule has 0 aromatic carbocycles. The summed E-state index contributed by atoms with van der Waals surface area (Å²) in [5.74, 6) is 1.17. The lowest BCUT2D eigenvalue weighted by molar-refractivity contribution is -0.0434. The third-order valence-corrected chi connectivity index (χ3v) is 15.6. The van der Waals surface area contributed by atoms with Crippen LogP contribution in [0.15, 0.2) is 11.5 Å². The largest absolute Gasteiger partial charge is 0.631 e. The van der Waals surface area contributed by atoms with E-state index < -0.39 is 38.6 Å². The SMILES string of the molecule is CO[Si]1(CCCN)OC(C2O[Si]3(CCCN)OC(C)C2O3)=C([C@H]2CC(C)O[Si](CCCN)(OC)O2)O1. The maximum atomic E-state index is 6.61. The predicted octanol–water partition coefficient (Wildman–Crippen LogP) is 0.797. The average Bonchev–Trinajstić information content (AvgIpc) is 3.54. The zero-order valence-corrected chi connectivity index (χ0v) is 24.9. The van der Waals surface area contributed by atoms with Gasteiger partial charge < -0.3 is 57.0 Å². The number of nitrogens with two attached hydrogens (primary N) is 3. The van der Waals surface area contributed by atoms with Gasteiger partial charge in [-0.15, -0.1) is 0 Å². The van der Waals surface area contributed by atoms with Crippen LogP contribution in [-0.2, 0) is 39.8 Å². The molecule has 36 heavy (non-hydrogen) atoms. The van der Waals surface area contributed by atoms with Crippen LogP contribution in [0, 0.1) is 0 Å². The van der Waals surface area contributed by atoms with Crippen LogP contribution in [0.1, 0.15) is 39.5 Å². The van der Waals surface area contributed by atoms with Gasteiger partial charge in [-0.25, -0.2) is 0 Å².